The van der Waals surface area contributed by atoms with E-state index < -0.39 is 11.8 Å². The van der Waals surface area contributed by atoms with Crippen molar-refractivity contribution in [2.75, 3.05) is 13.2 Å². The normalized spacial score (nSPS) is 20.7. The average Bonchev–Trinajstić information content (AvgIpc) is 2.29. The van der Waals surface area contributed by atoms with Crippen molar-refractivity contribution in [2.24, 2.45) is 5.84 Å². The molecule has 2 amide bonds. The van der Waals surface area contributed by atoms with Crippen LogP contribution in [0.1, 0.15) is 25.7 Å². The van der Waals surface area contributed by atoms with Crippen LogP contribution in [0.4, 0.5) is 0 Å². The summed E-state index contributed by atoms with van der Waals surface area (Å²) in [5.41, 5.74) is 1.77. The van der Waals surface area contributed by atoms with Gasteiger partial charge in [0.2, 0.25) is 0 Å². The Morgan fingerprint density at radius 3 is 2.73 bits per heavy atom. The zero-order valence-electron chi connectivity index (χ0n) is 8.62. The van der Waals surface area contributed by atoms with Gasteiger partial charge in [-0.05, 0) is 25.7 Å². The van der Waals surface area contributed by atoms with Crippen LogP contribution in [-0.4, -0.2) is 31.1 Å². The van der Waals surface area contributed by atoms with Crippen LogP contribution < -0.4 is 16.6 Å². The summed E-state index contributed by atoms with van der Waals surface area (Å²) >= 11 is 0. The van der Waals surface area contributed by atoms with E-state index >= 15 is 0 Å². The number of hydrogen-bond acceptors (Lipinski definition) is 4. The van der Waals surface area contributed by atoms with Gasteiger partial charge in [0.15, 0.2) is 0 Å². The second-order valence-corrected chi connectivity index (χ2v) is 3.51. The molecule has 0 aromatic carbocycles. The molecule has 0 bridgehead atoms. The number of carbonyl (C=O) groups excluding carboxylic acids is 2. The van der Waals surface area contributed by atoms with Gasteiger partial charge in [0.05, 0.1) is 6.10 Å². The molecule has 15 heavy (non-hydrogen) atoms. The van der Waals surface area contributed by atoms with Crippen molar-refractivity contribution in [3.05, 3.63) is 0 Å². The molecule has 1 aliphatic rings. The van der Waals surface area contributed by atoms with Crippen molar-refractivity contribution in [1.82, 2.24) is 10.7 Å². The Balaban J connectivity index is 2.09. The summed E-state index contributed by atoms with van der Waals surface area (Å²) in [6.07, 6.45) is 4.25. The van der Waals surface area contributed by atoms with Gasteiger partial charge < -0.3 is 10.1 Å². The van der Waals surface area contributed by atoms with Crippen LogP contribution in [0.2, 0.25) is 0 Å². The molecule has 1 atom stereocenters. The maximum absolute atomic E-state index is 11.0. The van der Waals surface area contributed by atoms with E-state index in [9.17, 15) is 9.59 Å². The molecule has 0 radical (unpaired) electrons. The Kier molecular flexibility index (Phi) is 5.06. The second-order valence-electron chi connectivity index (χ2n) is 3.51. The summed E-state index contributed by atoms with van der Waals surface area (Å²) in [5, 5.41) is 2.47. The Bertz CT molecular complexity index is 227. The van der Waals surface area contributed by atoms with E-state index in [2.05, 4.69) is 5.32 Å². The molecule has 86 valence electrons. The van der Waals surface area contributed by atoms with Crippen molar-refractivity contribution < 1.29 is 14.3 Å². The quantitative estimate of drug-likeness (QED) is 0.245. The van der Waals surface area contributed by atoms with Crippen molar-refractivity contribution in [1.29, 1.82) is 0 Å². The summed E-state index contributed by atoms with van der Waals surface area (Å²) in [5.74, 6) is 3.28. The third kappa shape index (κ3) is 4.26. The smallest absolute Gasteiger partial charge is 0.323 e. The third-order valence-electron chi connectivity index (χ3n) is 2.36. The number of hydrazine groups is 1. The summed E-state index contributed by atoms with van der Waals surface area (Å²) in [4.78, 5) is 21.7. The number of amides is 2. The van der Waals surface area contributed by atoms with Crippen molar-refractivity contribution >= 4 is 11.8 Å². The van der Waals surface area contributed by atoms with Crippen LogP contribution in [0.25, 0.3) is 0 Å². The molecule has 1 rings (SSSR count). The first kappa shape index (κ1) is 11.9. The molecular weight excluding hydrogens is 198 g/mol. The van der Waals surface area contributed by atoms with Crippen LogP contribution >= 0.6 is 0 Å². The SMILES string of the molecule is NNC(=O)C(=O)NCCC1CCCCO1. The highest BCUT2D eigenvalue weighted by Gasteiger charge is 2.15. The van der Waals surface area contributed by atoms with E-state index in [0.717, 1.165) is 25.9 Å². The van der Waals surface area contributed by atoms with Crippen molar-refractivity contribution in [3.63, 3.8) is 0 Å². The topological polar surface area (TPSA) is 93.5 Å². The molecule has 1 heterocycles. The fraction of sp³-hybridized carbons (Fsp3) is 0.778. The molecule has 6 heteroatoms. The molecule has 1 saturated heterocycles. The maximum atomic E-state index is 11.0. The molecular formula is C9H17N3O3. The standard InChI is InChI=1S/C9H17N3O3/c10-12-9(14)8(13)11-5-4-7-3-1-2-6-15-7/h7H,1-6,10H2,(H,11,13)(H,12,14). The molecule has 6 nitrogen and oxygen atoms in total. The predicted molar refractivity (Wildman–Crippen MR) is 53.5 cm³/mol. The Hall–Kier alpha value is -1.14. The first-order valence-electron chi connectivity index (χ1n) is 5.14. The fourth-order valence-corrected chi connectivity index (χ4v) is 1.53. The van der Waals surface area contributed by atoms with E-state index in [1.165, 1.54) is 6.42 Å². The van der Waals surface area contributed by atoms with E-state index in [1.807, 2.05) is 0 Å². The number of nitrogens with two attached hydrogens (primary N) is 1. The summed E-state index contributed by atoms with van der Waals surface area (Å²) in [6.45, 7) is 1.23. The lowest BCUT2D eigenvalue weighted by Gasteiger charge is -2.22. The maximum Gasteiger partial charge on any atom is 0.323 e. The van der Waals surface area contributed by atoms with Crippen LogP contribution in [0.5, 0.6) is 0 Å². The van der Waals surface area contributed by atoms with Gasteiger partial charge in [-0.15, -0.1) is 0 Å². The highest BCUT2D eigenvalue weighted by atomic mass is 16.5. The predicted octanol–water partition coefficient (Wildman–Crippen LogP) is -0.948. The molecule has 0 saturated carbocycles. The van der Waals surface area contributed by atoms with Gasteiger partial charge in [-0.1, -0.05) is 0 Å². The fourth-order valence-electron chi connectivity index (χ4n) is 1.53. The third-order valence-corrected chi connectivity index (χ3v) is 2.36. The first-order valence-corrected chi connectivity index (χ1v) is 5.14. The molecule has 0 spiro atoms. The highest BCUT2D eigenvalue weighted by molar-refractivity contribution is 6.34. The number of nitrogens with one attached hydrogen (secondary N) is 2. The van der Waals surface area contributed by atoms with E-state index in [4.69, 9.17) is 10.6 Å². The van der Waals surface area contributed by atoms with Gasteiger partial charge in [0.25, 0.3) is 0 Å². The van der Waals surface area contributed by atoms with E-state index in [0.29, 0.717) is 6.54 Å². The molecule has 0 aliphatic carbocycles. The van der Waals surface area contributed by atoms with Gasteiger partial charge in [-0.2, -0.15) is 0 Å². The second kappa shape index (κ2) is 6.36. The van der Waals surface area contributed by atoms with Crippen LogP contribution in [0.15, 0.2) is 0 Å². The minimum atomic E-state index is -0.820. The molecule has 0 aromatic heterocycles. The van der Waals surface area contributed by atoms with Gasteiger partial charge in [0.1, 0.15) is 0 Å². The van der Waals surface area contributed by atoms with E-state index in [1.54, 1.807) is 5.43 Å². The summed E-state index contributed by atoms with van der Waals surface area (Å²) in [7, 11) is 0. The van der Waals surface area contributed by atoms with Crippen LogP contribution in [0.3, 0.4) is 0 Å². The Labute approximate surface area is 88.5 Å². The van der Waals surface area contributed by atoms with Crippen molar-refractivity contribution in [2.45, 2.75) is 31.8 Å². The summed E-state index contributed by atoms with van der Waals surface area (Å²) < 4.78 is 5.47. The molecule has 0 aromatic rings. The number of carbonyl (C=O) groups is 2. The van der Waals surface area contributed by atoms with Gasteiger partial charge in [-0.3, -0.25) is 15.0 Å². The van der Waals surface area contributed by atoms with Gasteiger partial charge in [-0.25, -0.2) is 5.84 Å². The zero-order valence-corrected chi connectivity index (χ0v) is 8.62. The van der Waals surface area contributed by atoms with E-state index in [-0.39, 0.29) is 6.10 Å². The number of ether oxygens (including phenoxy) is 1. The highest BCUT2D eigenvalue weighted by Crippen LogP contribution is 2.14. The Morgan fingerprint density at radius 2 is 2.13 bits per heavy atom. The summed E-state index contributed by atoms with van der Waals surface area (Å²) in [6, 6.07) is 0. The van der Waals surface area contributed by atoms with Crippen LogP contribution in [-0.2, 0) is 14.3 Å². The van der Waals surface area contributed by atoms with Crippen LogP contribution in [0, 0.1) is 0 Å². The Morgan fingerprint density at radius 1 is 1.33 bits per heavy atom. The lowest BCUT2D eigenvalue weighted by atomic mass is 10.1. The monoisotopic (exact) mass is 215 g/mol. The lowest BCUT2D eigenvalue weighted by Crippen LogP contribution is -2.43. The number of rotatable bonds is 3. The molecule has 1 aliphatic heterocycles. The largest absolute Gasteiger partial charge is 0.378 e. The minimum absolute atomic E-state index is 0.208. The van der Waals surface area contributed by atoms with Gasteiger partial charge >= 0.3 is 11.8 Å². The molecule has 1 unspecified atom stereocenters. The molecule has 1 fully saturated rings. The average molecular weight is 215 g/mol. The van der Waals surface area contributed by atoms with Gasteiger partial charge in [0, 0.05) is 13.2 Å². The lowest BCUT2D eigenvalue weighted by molar-refractivity contribution is -0.139. The number of hydrogen-bond donors (Lipinski definition) is 3. The zero-order chi connectivity index (χ0) is 11.1. The first-order chi connectivity index (χ1) is 7.24. The van der Waals surface area contributed by atoms with Crippen molar-refractivity contribution in [3.8, 4) is 0 Å². The molecule has 4 N–H and O–H groups in total. The minimum Gasteiger partial charge on any atom is -0.378 e.